The highest BCUT2D eigenvalue weighted by atomic mass is 16.5. The smallest absolute Gasteiger partial charge is 0.145 e. The third-order valence-corrected chi connectivity index (χ3v) is 11.0. The van der Waals surface area contributed by atoms with E-state index in [1.165, 1.54) is 22.4 Å². The first kappa shape index (κ1) is 36.1. The van der Waals surface area contributed by atoms with Gasteiger partial charge in [0.05, 0.1) is 27.8 Å². The second-order valence-electron chi connectivity index (χ2n) is 16.6. The summed E-state index contributed by atoms with van der Waals surface area (Å²) in [5, 5.41) is 11.8. The highest BCUT2D eigenvalue weighted by Crippen LogP contribution is 2.43. The average molecular weight is 749 g/mol. The van der Waals surface area contributed by atoms with Crippen LogP contribution in [-0.2, 0) is 5.41 Å². The molecule has 0 amide bonds. The second-order valence-corrected chi connectivity index (χ2v) is 16.6. The average Bonchev–Trinajstić information content (AvgIpc) is 3.74. The van der Waals surface area contributed by atoms with Crippen LogP contribution in [0.25, 0.3) is 49.6 Å². The Morgan fingerprint density at radius 3 is 2.05 bits per heavy atom. The number of nitrogens with one attached hydrogen (secondary N) is 2. The molecule has 0 fully saturated rings. The number of ether oxygens (including phenoxy) is 1. The van der Waals surface area contributed by atoms with E-state index in [4.69, 9.17) is 14.1 Å². The number of hydrogen-bond donors (Lipinski definition) is 2. The van der Waals surface area contributed by atoms with E-state index in [1.807, 2.05) is 42.6 Å². The SMILES string of the molecule is CC(C)c1cccc(C(C)C)c1Nc1ccccc1Nc1cccc(Oc2ccc3c4c5oc6ccccc6c5ccc4n(-c4cc(C(C)(C)C)ccn4)c3c2)c1. The van der Waals surface area contributed by atoms with Gasteiger partial charge < -0.3 is 19.8 Å². The third-order valence-electron chi connectivity index (χ3n) is 11.0. The maximum absolute atomic E-state index is 6.66. The maximum atomic E-state index is 6.66. The fourth-order valence-electron chi connectivity index (χ4n) is 8.04. The number of aromatic nitrogens is 2. The van der Waals surface area contributed by atoms with Crippen molar-refractivity contribution in [2.24, 2.45) is 0 Å². The van der Waals surface area contributed by atoms with Crippen LogP contribution in [0.2, 0.25) is 0 Å². The van der Waals surface area contributed by atoms with E-state index in [2.05, 4.69) is 161 Å². The van der Waals surface area contributed by atoms with Gasteiger partial charge in [-0.1, -0.05) is 103 Å². The molecule has 9 rings (SSSR count). The first-order chi connectivity index (χ1) is 27.5. The highest BCUT2D eigenvalue weighted by Gasteiger charge is 2.22. The standard InChI is InChI=1S/C51H48N4O2/c1-31(2)37-17-13-18-38(32(3)4)49(37)54-43-20-10-9-19-42(43)53-34-14-12-15-35(29-34)56-36-22-23-41-45(30-36)55(47-28-33(26-27-52-47)51(5,6)7)44-25-24-40-39-16-8-11-21-46(39)57-50(40)48(41)44/h8-32,53-54H,1-7H3. The van der Waals surface area contributed by atoms with Crippen molar-refractivity contribution in [3.63, 3.8) is 0 Å². The molecule has 9 aromatic rings. The molecule has 284 valence electrons. The summed E-state index contributed by atoms with van der Waals surface area (Å²) in [6, 6.07) is 46.3. The Hall–Kier alpha value is -6.53. The molecule has 3 heterocycles. The lowest BCUT2D eigenvalue weighted by Gasteiger charge is -2.22. The van der Waals surface area contributed by atoms with Crippen LogP contribution < -0.4 is 15.4 Å². The molecule has 57 heavy (non-hydrogen) atoms. The Labute approximate surface area is 334 Å². The number of fused-ring (bicyclic) bond motifs is 7. The van der Waals surface area contributed by atoms with Crippen LogP contribution in [0.15, 0.2) is 144 Å². The summed E-state index contributed by atoms with van der Waals surface area (Å²) in [5.41, 5.74) is 11.7. The largest absolute Gasteiger partial charge is 0.457 e. The highest BCUT2D eigenvalue weighted by molar-refractivity contribution is 6.23. The molecule has 0 atom stereocenters. The summed E-state index contributed by atoms with van der Waals surface area (Å²) in [6.07, 6.45) is 1.91. The molecule has 2 N–H and O–H groups in total. The zero-order valence-electron chi connectivity index (χ0n) is 33.6. The van der Waals surface area contributed by atoms with Crippen molar-refractivity contribution in [2.45, 2.75) is 65.7 Å². The van der Waals surface area contributed by atoms with Crippen molar-refractivity contribution < 1.29 is 9.15 Å². The fraction of sp³-hybridized carbons (Fsp3) is 0.196. The van der Waals surface area contributed by atoms with E-state index < -0.39 is 0 Å². The van der Waals surface area contributed by atoms with Gasteiger partial charge >= 0.3 is 0 Å². The van der Waals surface area contributed by atoms with Gasteiger partial charge in [0.15, 0.2) is 0 Å². The summed E-state index contributed by atoms with van der Waals surface area (Å²) in [7, 11) is 0. The molecular formula is C51H48N4O2. The van der Waals surface area contributed by atoms with Gasteiger partial charge in [0.2, 0.25) is 0 Å². The fourth-order valence-corrected chi connectivity index (χ4v) is 8.04. The molecule has 0 saturated heterocycles. The van der Waals surface area contributed by atoms with Crippen LogP contribution in [-0.4, -0.2) is 9.55 Å². The predicted molar refractivity (Wildman–Crippen MR) is 239 cm³/mol. The Kier molecular flexibility index (Phi) is 9.00. The van der Waals surface area contributed by atoms with Gasteiger partial charge in [-0.15, -0.1) is 0 Å². The van der Waals surface area contributed by atoms with Gasteiger partial charge in [0, 0.05) is 45.9 Å². The van der Waals surface area contributed by atoms with Gasteiger partial charge in [-0.2, -0.15) is 0 Å². The van der Waals surface area contributed by atoms with Gasteiger partial charge in [-0.25, -0.2) is 4.98 Å². The Morgan fingerprint density at radius 1 is 0.614 bits per heavy atom. The molecule has 6 aromatic carbocycles. The predicted octanol–water partition coefficient (Wildman–Crippen LogP) is 14.9. The topological polar surface area (TPSA) is 64.2 Å². The zero-order chi connectivity index (χ0) is 39.4. The summed E-state index contributed by atoms with van der Waals surface area (Å²) < 4.78 is 15.5. The second kappa shape index (κ2) is 14.2. The number of anilines is 4. The molecule has 0 bridgehead atoms. The van der Waals surface area contributed by atoms with Crippen LogP contribution >= 0.6 is 0 Å². The minimum absolute atomic E-state index is 0.0397. The number of rotatable bonds is 9. The molecule has 0 saturated carbocycles. The molecule has 3 aromatic heterocycles. The van der Waals surface area contributed by atoms with E-state index in [0.717, 1.165) is 78.1 Å². The Morgan fingerprint density at radius 2 is 1.30 bits per heavy atom. The van der Waals surface area contributed by atoms with E-state index in [1.54, 1.807) is 0 Å². The lowest BCUT2D eigenvalue weighted by atomic mass is 9.88. The number of hydrogen-bond acceptors (Lipinski definition) is 5. The molecule has 0 spiro atoms. The van der Waals surface area contributed by atoms with Crippen molar-refractivity contribution in [1.82, 2.24) is 9.55 Å². The van der Waals surface area contributed by atoms with Crippen LogP contribution in [0.5, 0.6) is 11.5 Å². The van der Waals surface area contributed by atoms with E-state index in [-0.39, 0.29) is 5.41 Å². The summed E-state index contributed by atoms with van der Waals surface area (Å²) in [6.45, 7) is 15.7. The van der Waals surface area contributed by atoms with Crippen LogP contribution in [0.3, 0.4) is 0 Å². The lowest BCUT2D eigenvalue weighted by molar-refractivity contribution is 0.483. The Balaban J connectivity index is 1.09. The molecule has 6 heteroatoms. The summed E-state index contributed by atoms with van der Waals surface area (Å²) in [4.78, 5) is 4.92. The Bertz CT molecular complexity index is 2920. The van der Waals surface area contributed by atoms with Crippen LogP contribution in [0.4, 0.5) is 22.7 Å². The zero-order valence-corrected chi connectivity index (χ0v) is 33.6. The molecule has 6 nitrogen and oxygen atoms in total. The molecule has 0 aliphatic heterocycles. The van der Waals surface area contributed by atoms with Crippen molar-refractivity contribution >= 4 is 66.5 Å². The maximum Gasteiger partial charge on any atom is 0.145 e. The van der Waals surface area contributed by atoms with Crippen molar-refractivity contribution in [1.29, 1.82) is 0 Å². The molecular weight excluding hydrogens is 701 g/mol. The number of furan rings is 1. The number of para-hydroxylation sites is 4. The van der Waals surface area contributed by atoms with Crippen LogP contribution in [0.1, 0.15) is 77.0 Å². The number of nitrogens with zero attached hydrogens (tertiary/aromatic N) is 2. The molecule has 0 unspecified atom stereocenters. The lowest BCUT2D eigenvalue weighted by Crippen LogP contribution is -2.12. The summed E-state index contributed by atoms with van der Waals surface area (Å²) in [5.74, 6) is 3.08. The van der Waals surface area contributed by atoms with Gasteiger partial charge in [0.1, 0.15) is 28.5 Å². The molecule has 0 aliphatic rings. The molecule has 0 aliphatic carbocycles. The van der Waals surface area contributed by atoms with E-state index in [9.17, 15) is 0 Å². The normalized spacial score (nSPS) is 12.1. The number of benzene rings is 6. The first-order valence-electron chi connectivity index (χ1n) is 19.9. The third kappa shape index (κ3) is 6.65. The van der Waals surface area contributed by atoms with Crippen molar-refractivity contribution in [2.75, 3.05) is 10.6 Å². The van der Waals surface area contributed by atoms with Crippen molar-refractivity contribution in [3.05, 3.63) is 156 Å². The van der Waals surface area contributed by atoms with Gasteiger partial charge in [-0.3, -0.25) is 4.57 Å². The van der Waals surface area contributed by atoms with E-state index in [0.29, 0.717) is 11.8 Å². The molecule has 0 radical (unpaired) electrons. The summed E-state index contributed by atoms with van der Waals surface area (Å²) >= 11 is 0. The van der Waals surface area contributed by atoms with Crippen molar-refractivity contribution in [3.8, 4) is 17.3 Å². The van der Waals surface area contributed by atoms with Crippen LogP contribution in [0, 0.1) is 0 Å². The van der Waals surface area contributed by atoms with Gasteiger partial charge in [-0.05, 0) is 101 Å². The monoisotopic (exact) mass is 748 g/mol. The number of pyridine rings is 1. The van der Waals surface area contributed by atoms with E-state index >= 15 is 0 Å². The minimum Gasteiger partial charge on any atom is -0.457 e. The minimum atomic E-state index is -0.0397. The first-order valence-corrected chi connectivity index (χ1v) is 19.9. The van der Waals surface area contributed by atoms with Gasteiger partial charge in [0.25, 0.3) is 0 Å². The quantitative estimate of drug-likeness (QED) is 0.154.